The van der Waals surface area contributed by atoms with Gasteiger partial charge in [-0.05, 0) is 22.4 Å². The number of carbonyl (C=O) groups is 1. The van der Waals surface area contributed by atoms with Crippen LogP contribution < -0.4 is 5.32 Å². The van der Waals surface area contributed by atoms with Gasteiger partial charge in [0.05, 0.1) is 12.6 Å². The third-order valence-electron chi connectivity index (χ3n) is 1.70. The minimum Gasteiger partial charge on any atom is -0.445 e. The molecule has 0 fully saturated rings. The molecule has 1 amide bonds. The van der Waals surface area contributed by atoms with Crippen molar-refractivity contribution in [3.8, 4) is 0 Å². The van der Waals surface area contributed by atoms with Crippen LogP contribution in [0.5, 0.6) is 0 Å². The summed E-state index contributed by atoms with van der Waals surface area (Å²) in [6.45, 7) is 3.73. The molecule has 82 valence electrons. The van der Waals surface area contributed by atoms with E-state index in [4.69, 9.17) is 0 Å². The highest BCUT2D eigenvalue weighted by Crippen LogP contribution is 2.14. The Morgan fingerprint density at radius 1 is 1.80 bits per heavy atom. The summed E-state index contributed by atoms with van der Waals surface area (Å²) < 4.78 is 4.68. The molecule has 0 aliphatic rings. The van der Waals surface area contributed by atoms with Crippen molar-refractivity contribution in [2.45, 2.75) is 6.10 Å². The molecule has 1 aromatic rings. The van der Waals surface area contributed by atoms with Crippen LogP contribution in [-0.4, -0.2) is 24.4 Å². The minimum atomic E-state index is -0.687. The molecule has 1 unspecified atom stereocenters. The Balaban J connectivity index is 2.25. The third-order valence-corrected chi connectivity index (χ3v) is 2.40. The van der Waals surface area contributed by atoms with E-state index < -0.39 is 12.2 Å². The van der Waals surface area contributed by atoms with Gasteiger partial charge >= 0.3 is 6.09 Å². The second-order valence-corrected chi connectivity index (χ2v) is 3.62. The van der Waals surface area contributed by atoms with Crippen molar-refractivity contribution >= 4 is 17.4 Å². The average molecular weight is 227 g/mol. The molecule has 1 rings (SSSR count). The van der Waals surface area contributed by atoms with Gasteiger partial charge in [0.2, 0.25) is 0 Å². The molecule has 0 spiro atoms. The standard InChI is InChI=1S/C10H13NO3S/c1-2-4-14-10(13)11-6-9(12)8-3-5-15-7-8/h2-3,5,7,9,12H,1,4,6H2,(H,11,13). The molecule has 0 bridgehead atoms. The first-order chi connectivity index (χ1) is 7.24. The first-order valence-corrected chi connectivity index (χ1v) is 5.40. The summed E-state index contributed by atoms with van der Waals surface area (Å²) >= 11 is 1.50. The molecule has 0 radical (unpaired) electrons. The average Bonchev–Trinajstić information content (AvgIpc) is 2.76. The zero-order valence-corrected chi connectivity index (χ0v) is 9.00. The first-order valence-electron chi connectivity index (χ1n) is 4.45. The van der Waals surface area contributed by atoms with E-state index >= 15 is 0 Å². The fourth-order valence-corrected chi connectivity index (χ4v) is 1.66. The van der Waals surface area contributed by atoms with Crippen LogP contribution in [0.4, 0.5) is 4.79 Å². The smallest absolute Gasteiger partial charge is 0.407 e. The van der Waals surface area contributed by atoms with Gasteiger partial charge in [-0.3, -0.25) is 0 Å². The van der Waals surface area contributed by atoms with E-state index in [9.17, 15) is 9.90 Å². The predicted octanol–water partition coefficient (Wildman–Crippen LogP) is 1.69. The quantitative estimate of drug-likeness (QED) is 0.753. The number of rotatable bonds is 5. The number of hydrogen-bond acceptors (Lipinski definition) is 4. The molecule has 0 saturated carbocycles. The predicted molar refractivity (Wildman–Crippen MR) is 58.8 cm³/mol. The summed E-state index contributed by atoms with van der Waals surface area (Å²) in [7, 11) is 0. The number of thiophene rings is 1. The van der Waals surface area contributed by atoms with Gasteiger partial charge in [-0.2, -0.15) is 11.3 Å². The summed E-state index contributed by atoms with van der Waals surface area (Å²) in [5.74, 6) is 0. The van der Waals surface area contributed by atoms with Gasteiger partial charge in [0.25, 0.3) is 0 Å². The topological polar surface area (TPSA) is 58.6 Å². The normalized spacial score (nSPS) is 11.8. The Hall–Kier alpha value is -1.33. The Bertz CT molecular complexity index is 310. The third kappa shape index (κ3) is 4.14. The van der Waals surface area contributed by atoms with E-state index in [1.807, 2.05) is 16.8 Å². The molecule has 0 aliphatic heterocycles. The fraction of sp³-hybridized carbons (Fsp3) is 0.300. The highest BCUT2D eigenvalue weighted by atomic mass is 32.1. The Labute approximate surface area is 92.2 Å². The molecule has 4 nitrogen and oxygen atoms in total. The van der Waals surface area contributed by atoms with Crippen LogP contribution in [0.15, 0.2) is 29.5 Å². The maximum atomic E-state index is 11.0. The molecule has 1 atom stereocenters. The number of aliphatic hydroxyl groups is 1. The van der Waals surface area contributed by atoms with Crippen LogP contribution in [0.25, 0.3) is 0 Å². The van der Waals surface area contributed by atoms with Gasteiger partial charge in [0.1, 0.15) is 6.61 Å². The number of aliphatic hydroxyl groups excluding tert-OH is 1. The van der Waals surface area contributed by atoms with E-state index in [2.05, 4.69) is 16.6 Å². The van der Waals surface area contributed by atoms with E-state index in [1.54, 1.807) is 0 Å². The van der Waals surface area contributed by atoms with Crippen molar-refractivity contribution in [2.24, 2.45) is 0 Å². The van der Waals surface area contributed by atoms with Crippen molar-refractivity contribution in [3.63, 3.8) is 0 Å². The van der Waals surface area contributed by atoms with E-state index in [-0.39, 0.29) is 13.2 Å². The van der Waals surface area contributed by atoms with Crippen LogP contribution in [0, 0.1) is 0 Å². The van der Waals surface area contributed by atoms with E-state index in [0.717, 1.165) is 5.56 Å². The van der Waals surface area contributed by atoms with Crippen LogP contribution in [0.3, 0.4) is 0 Å². The zero-order valence-electron chi connectivity index (χ0n) is 8.18. The van der Waals surface area contributed by atoms with Gasteiger partial charge in [-0.1, -0.05) is 12.7 Å². The lowest BCUT2D eigenvalue weighted by Gasteiger charge is -2.10. The summed E-state index contributed by atoms with van der Waals surface area (Å²) in [6, 6.07) is 1.81. The Morgan fingerprint density at radius 3 is 3.20 bits per heavy atom. The van der Waals surface area contributed by atoms with Gasteiger partial charge in [0.15, 0.2) is 0 Å². The second kappa shape index (κ2) is 6.21. The number of hydrogen-bond donors (Lipinski definition) is 2. The highest BCUT2D eigenvalue weighted by molar-refractivity contribution is 7.07. The fourth-order valence-electron chi connectivity index (χ4n) is 0.948. The van der Waals surface area contributed by atoms with E-state index in [1.165, 1.54) is 17.4 Å². The molecule has 0 aromatic carbocycles. The molecule has 0 saturated heterocycles. The van der Waals surface area contributed by atoms with Crippen molar-refractivity contribution in [3.05, 3.63) is 35.0 Å². The number of nitrogens with one attached hydrogen (secondary N) is 1. The van der Waals surface area contributed by atoms with Crippen molar-refractivity contribution in [1.29, 1.82) is 0 Å². The summed E-state index contributed by atoms with van der Waals surface area (Å²) in [5.41, 5.74) is 0.795. The van der Waals surface area contributed by atoms with E-state index in [0.29, 0.717) is 0 Å². The number of alkyl carbamates (subject to hydrolysis) is 1. The zero-order chi connectivity index (χ0) is 11.1. The lowest BCUT2D eigenvalue weighted by molar-refractivity contribution is 0.139. The SMILES string of the molecule is C=CCOC(=O)NCC(O)c1ccsc1. The van der Waals surface area contributed by atoms with Gasteiger partial charge in [0, 0.05) is 0 Å². The summed E-state index contributed by atoms with van der Waals surface area (Å²) in [5, 5.41) is 15.8. The first kappa shape index (κ1) is 11.7. The lowest BCUT2D eigenvalue weighted by Crippen LogP contribution is -2.28. The van der Waals surface area contributed by atoms with Crippen molar-refractivity contribution < 1.29 is 14.6 Å². The van der Waals surface area contributed by atoms with Crippen molar-refractivity contribution in [1.82, 2.24) is 5.32 Å². The molecule has 2 N–H and O–H groups in total. The second-order valence-electron chi connectivity index (χ2n) is 2.84. The molecular weight excluding hydrogens is 214 g/mol. The largest absolute Gasteiger partial charge is 0.445 e. The number of ether oxygens (including phenoxy) is 1. The minimum absolute atomic E-state index is 0.146. The number of carbonyl (C=O) groups excluding carboxylic acids is 1. The van der Waals surface area contributed by atoms with Gasteiger partial charge in [-0.15, -0.1) is 0 Å². The molecule has 1 aromatic heterocycles. The van der Waals surface area contributed by atoms with Crippen LogP contribution in [-0.2, 0) is 4.74 Å². The number of amides is 1. The Morgan fingerprint density at radius 2 is 2.60 bits per heavy atom. The molecular formula is C10H13NO3S. The molecule has 5 heteroatoms. The van der Waals surface area contributed by atoms with Crippen LogP contribution in [0.2, 0.25) is 0 Å². The summed E-state index contributed by atoms with van der Waals surface area (Å²) in [6.07, 6.45) is 0.242. The lowest BCUT2D eigenvalue weighted by atomic mass is 10.2. The highest BCUT2D eigenvalue weighted by Gasteiger charge is 2.09. The van der Waals surface area contributed by atoms with Crippen LogP contribution in [0.1, 0.15) is 11.7 Å². The van der Waals surface area contributed by atoms with Gasteiger partial charge in [-0.25, -0.2) is 4.79 Å². The maximum absolute atomic E-state index is 11.0. The maximum Gasteiger partial charge on any atom is 0.407 e. The molecule has 1 heterocycles. The van der Waals surface area contributed by atoms with Crippen LogP contribution >= 0.6 is 11.3 Å². The molecule has 0 aliphatic carbocycles. The Kier molecular flexibility index (Phi) is 4.86. The monoisotopic (exact) mass is 227 g/mol. The van der Waals surface area contributed by atoms with Gasteiger partial charge < -0.3 is 15.2 Å². The van der Waals surface area contributed by atoms with Crippen molar-refractivity contribution in [2.75, 3.05) is 13.2 Å². The molecule has 15 heavy (non-hydrogen) atoms. The summed E-state index contributed by atoms with van der Waals surface area (Å²) in [4.78, 5) is 11.0.